The number of ether oxygens (including phenoxy) is 1. The molecule has 0 saturated carbocycles. The van der Waals surface area contributed by atoms with Gasteiger partial charge in [-0.25, -0.2) is 9.78 Å². The molecule has 0 radical (unpaired) electrons. The molecule has 0 aliphatic rings. The number of hydrogen-bond donors (Lipinski definition) is 2. The lowest BCUT2D eigenvalue weighted by Crippen LogP contribution is -2.33. The van der Waals surface area contributed by atoms with Gasteiger partial charge in [0.1, 0.15) is 5.60 Å². The van der Waals surface area contributed by atoms with E-state index in [9.17, 15) is 14.9 Å². The number of nitro groups is 1. The number of rotatable bonds is 6. The van der Waals surface area contributed by atoms with Gasteiger partial charge in [-0.15, -0.1) is 0 Å². The molecule has 1 heterocycles. The van der Waals surface area contributed by atoms with E-state index in [4.69, 9.17) is 4.74 Å². The van der Waals surface area contributed by atoms with Crippen molar-refractivity contribution < 1.29 is 14.5 Å². The Kier molecular flexibility index (Phi) is 5.74. The first kappa shape index (κ1) is 18.4. The van der Waals surface area contributed by atoms with Gasteiger partial charge in [-0.3, -0.25) is 10.1 Å². The number of alkyl carbamates (subject to hydrolysis) is 1. The lowest BCUT2D eigenvalue weighted by molar-refractivity contribution is -0.384. The number of aromatic nitrogens is 1. The Hall–Kier alpha value is -2.90. The third-order valence-corrected chi connectivity index (χ3v) is 3.21. The predicted molar refractivity (Wildman–Crippen MR) is 95.7 cm³/mol. The Bertz CT molecular complexity index is 771. The highest BCUT2D eigenvalue weighted by Crippen LogP contribution is 2.26. The SMILES string of the molecule is CC(C)(C)OC(=O)NCCCNc1nc2ccccc2cc1[N+](=O)[O-]. The van der Waals surface area contributed by atoms with Crippen LogP contribution in [0.4, 0.5) is 16.3 Å². The second-order valence-electron chi connectivity index (χ2n) is 6.51. The zero-order chi connectivity index (χ0) is 18.4. The molecule has 0 bridgehead atoms. The first-order valence-corrected chi connectivity index (χ1v) is 8.01. The summed E-state index contributed by atoms with van der Waals surface area (Å²) in [5, 5.41) is 17.5. The van der Waals surface area contributed by atoms with Gasteiger partial charge in [-0.2, -0.15) is 0 Å². The molecule has 2 N–H and O–H groups in total. The maximum Gasteiger partial charge on any atom is 0.407 e. The molecule has 0 atom stereocenters. The quantitative estimate of drug-likeness (QED) is 0.471. The summed E-state index contributed by atoms with van der Waals surface area (Å²) in [6.45, 7) is 6.20. The fourth-order valence-corrected chi connectivity index (χ4v) is 2.17. The number of fused-ring (bicyclic) bond motifs is 1. The molecule has 1 aromatic carbocycles. The molecule has 0 aliphatic carbocycles. The van der Waals surface area contributed by atoms with Crippen LogP contribution in [-0.4, -0.2) is 34.7 Å². The number of nitrogens with one attached hydrogen (secondary N) is 2. The van der Waals surface area contributed by atoms with Gasteiger partial charge in [0.15, 0.2) is 0 Å². The second kappa shape index (κ2) is 7.78. The van der Waals surface area contributed by atoms with Crippen LogP contribution in [0.15, 0.2) is 30.3 Å². The molecule has 0 unspecified atom stereocenters. The van der Waals surface area contributed by atoms with Crippen molar-refractivity contribution in [2.75, 3.05) is 18.4 Å². The van der Waals surface area contributed by atoms with Crippen LogP contribution < -0.4 is 10.6 Å². The van der Waals surface area contributed by atoms with E-state index >= 15 is 0 Å². The highest BCUT2D eigenvalue weighted by Gasteiger charge is 2.17. The summed E-state index contributed by atoms with van der Waals surface area (Å²) in [4.78, 5) is 26.6. The first-order valence-electron chi connectivity index (χ1n) is 8.01. The molecule has 0 aliphatic heterocycles. The minimum Gasteiger partial charge on any atom is -0.444 e. The molecule has 1 aromatic heterocycles. The molecule has 8 heteroatoms. The molecule has 2 rings (SSSR count). The average Bonchev–Trinajstić information content (AvgIpc) is 2.52. The number of hydrogen-bond acceptors (Lipinski definition) is 6. The monoisotopic (exact) mass is 346 g/mol. The lowest BCUT2D eigenvalue weighted by atomic mass is 10.2. The van der Waals surface area contributed by atoms with E-state index in [2.05, 4.69) is 15.6 Å². The number of carbonyl (C=O) groups excluding carboxylic acids is 1. The smallest absolute Gasteiger partial charge is 0.407 e. The molecular formula is C17H22N4O4. The van der Waals surface area contributed by atoms with Crippen LogP contribution in [0, 0.1) is 10.1 Å². The van der Waals surface area contributed by atoms with Crippen molar-refractivity contribution >= 4 is 28.5 Å². The highest BCUT2D eigenvalue weighted by molar-refractivity contribution is 5.84. The predicted octanol–water partition coefficient (Wildman–Crippen LogP) is 3.47. The number of pyridine rings is 1. The fourth-order valence-electron chi connectivity index (χ4n) is 2.17. The zero-order valence-corrected chi connectivity index (χ0v) is 14.5. The van der Waals surface area contributed by atoms with Gasteiger partial charge in [0.2, 0.25) is 5.82 Å². The van der Waals surface area contributed by atoms with E-state index in [0.717, 1.165) is 0 Å². The Labute approximate surface area is 145 Å². The third-order valence-electron chi connectivity index (χ3n) is 3.21. The Morgan fingerprint density at radius 3 is 2.68 bits per heavy atom. The molecule has 25 heavy (non-hydrogen) atoms. The zero-order valence-electron chi connectivity index (χ0n) is 14.5. The number of anilines is 1. The minimum absolute atomic E-state index is 0.0706. The van der Waals surface area contributed by atoms with Crippen LogP contribution in [0.5, 0.6) is 0 Å². The van der Waals surface area contributed by atoms with E-state index < -0.39 is 16.6 Å². The highest BCUT2D eigenvalue weighted by atomic mass is 16.6. The van der Waals surface area contributed by atoms with E-state index in [-0.39, 0.29) is 11.5 Å². The lowest BCUT2D eigenvalue weighted by Gasteiger charge is -2.19. The second-order valence-corrected chi connectivity index (χ2v) is 6.51. The summed E-state index contributed by atoms with van der Waals surface area (Å²) in [6, 6.07) is 8.72. The minimum atomic E-state index is -0.544. The van der Waals surface area contributed by atoms with Crippen LogP contribution in [0.2, 0.25) is 0 Å². The summed E-state index contributed by atoms with van der Waals surface area (Å²) in [5.41, 5.74) is 0.0686. The molecule has 0 saturated heterocycles. The summed E-state index contributed by atoms with van der Waals surface area (Å²) >= 11 is 0. The molecule has 0 fully saturated rings. The van der Waals surface area contributed by atoms with Crippen LogP contribution in [-0.2, 0) is 4.74 Å². The van der Waals surface area contributed by atoms with E-state index in [1.54, 1.807) is 32.9 Å². The normalized spacial score (nSPS) is 11.2. The maximum atomic E-state index is 11.5. The Balaban J connectivity index is 1.91. The number of benzene rings is 1. The van der Waals surface area contributed by atoms with Gasteiger partial charge in [0.25, 0.3) is 0 Å². The topological polar surface area (TPSA) is 106 Å². The molecular weight excluding hydrogens is 324 g/mol. The molecule has 0 spiro atoms. The molecule has 134 valence electrons. The molecule has 2 aromatic rings. The van der Waals surface area contributed by atoms with Gasteiger partial charge in [0, 0.05) is 24.5 Å². The van der Waals surface area contributed by atoms with Crippen molar-refractivity contribution in [3.8, 4) is 0 Å². The van der Waals surface area contributed by atoms with Crippen LogP contribution >= 0.6 is 0 Å². The van der Waals surface area contributed by atoms with Crippen molar-refractivity contribution in [2.24, 2.45) is 0 Å². The van der Waals surface area contributed by atoms with Crippen LogP contribution in [0.25, 0.3) is 10.9 Å². The van der Waals surface area contributed by atoms with E-state index in [1.165, 1.54) is 6.07 Å². The van der Waals surface area contributed by atoms with Crippen molar-refractivity contribution in [2.45, 2.75) is 32.8 Å². The average molecular weight is 346 g/mol. The maximum absolute atomic E-state index is 11.5. The molecule has 1 amide bonds. The van der Waals surface area contributed by atoms with Crippen LogP contribution in [0.3, 0.4) is 0 Å². The van der Waals surface area contributed by atoms with Gasteiger partial charge in [-0.1, -0.05) is 18.2 Å². The first-order chi connectivity index (χ1) is 11.8. The summed E-state index contributed by atoms with van der Waals surface area (Å²) in [7, 11) is 0. The van der Waals surface area contributed by atoms with E-state index in [0.29, 0.717) is 30.4 Å². The number of amides is 1. The van der Waals surface area contributed by atoms with Crippen molar-refractivity contribution in [1.82, 2.24) is 10.3 Å². The van der Waals surface area contributed by atoms with Crippen molar-refractivity contribution in [1.29, 1.82) is 0 Å². The summed E-state index contributed by atoms with van der Waals surface area (Å²) in [5.74, 6) is 0.223. The van der Waals surface area contributed by atoms with Gasteiger partial charge in [0.05, 0.1) is 10.4 Å². The Morgan fingerprint density at radius 2 is 2.00 bits per heavy atom. The van der Waals surface area contributed by atoms with Gasteiger partial charge >= 0.3 is 11.8 Å². The van der Waals surface area contributed by atoms with Crippen molar-refractivity contribution in [3.05, 3.63) is 40.4 Å². The fraction of sp³-hybridized carbons (Fsp3) is 0.412. The Morgan fingerprint density at radius 1 is 1.28 bits per heavy atom. The number of nitrogens with zero attached hydrogens (tertiary/aromatic N) is 2. The van der Waals surface area contributed by atoms with E-state index in [1.807, 2.05) is 12.1 Å². The standard InChI is InChI=1S/C17H22N4O4/c1-17(2,3)25-16(22)19-10-6-9-18-15-14(21(23)24)11-12-7-4-5-8-13(12)20-15/h4-5,7-8,11H,6,9-10H2,1-3H3,(H,18,20)(H,19,22). The number of carbonyl (C=O) groups is 1. The number of para-hydroxylation sites is 1. The van der Waals surface area contributed by atoms with Gasteiger partial charge in [-0.05, 0) is 33.3 Å². The summed E-state index contributed by atoms with van der Waals surface area (Å²) < 4.78 is 5.13. The molecule has 8 nitrogen and oxygen atoms in total. The van der Waals surface area contributed by atoms with Crippen molar-refractivity contribution in [3.63, 3.8) is 0 Å². The summed E-state index contributed by atoms with van der Waals surface area (Å²) in [6.07, 6.45) is 0.0903. The largest absolute Gasteiger partial charge is 0.444 e. The van der Waals surface area contributed by atoms with Gasteiger partial charge < -0.3 is 15.4 Å². The third kappa shape index (κ3) is 5.59. The van der Waals surface area contributed by atoms with Crippen LogP contribution in [0.1, 0.15) is 27.2 Å².